The SMILES string of the molecule is COC(=O)c1cccc(Sc2nc(Nc3cc(C4CC4)n[nH]3)c3ccccc3n2)c1. The normalized spacial score (nSPS) is 13.4. The molecular formula is C22H19N5O2S. The second-order valence-corrected chi connectivity index (χ2v) is 8.14. The van der Waals surface area contributed by atoms with Gasteiger partial charge in [-0.1, -0.05) is 18.2 Å². The predicted molar refractivity (Wildman–Crippen MR) is 115 cm³/mol. The van der Waals surface area contributed by atoms with Crippen LogP contribution < -0.4 is 5.32 Å². The zero-order valence-corrected chi connectivity index (χ0v) is 17.1. The quantitative estimate of drug-likeness (QED) is 0.340. The molecule has 1 saturated carbocycles. The number of carbonyl (C=O) groups is 1. The van der Waals surface area contributed by atoms with E-state index in [-0.39, 0.29) is 5.97 Å². The van der Waals surface area contributed by atoms with Gasteiger partial charge in [0.2, 0.25) is 0 Å². The Morgan fingerprint density at radius 1 is 1.13 bits per heavy atom. The third-order valence-corrected chi connectivity index (χ3v) is 5.75. The van der Waals surface area contributed by atoms with Gasteiger partial charge in [-0.05, 0) is 54.9 Å². The number of H-pyrrole nitrogens is 1. The maximum Gasteiger partial charge on any atom is 0.337 e. The number of rotatable bonds is 6. The Balaban J connectivity index is 1.47. The molecule has 8 heteroatoms. The molecule has 1 aliphatic carbocycles. The Bertz CT molecular complexity index is 1240. The van der Waals surface area contributed by atoms with Gasteiger partial charge in [-0.2, -0.15) is 5.10 Å². The molecule has 0 radical (unpaired) electrons. The van der Waals surface area contributed by atoms with Crippen LogP contribution in [-0.4, -0.2) is 33.2 Å². The van der Waals surface area contributed by atoms with Crippen molar-refractivity contribution in [3.05, 3.63) is 65.9 Å². The molecule has 0 aliphatic heterocycles. The monoisotopic (exact) mass is 417 g/mol. The number of aromatic amines is 1. The Morgan fingerprint density at radius 2 is 2.00 bits per heavy atom. The topological polar surface area (TPSA) is 92.8 Å². The van der Waals surface area contributed by atoms with Crippen LogP contribution in [0.25, 0.3) is 10.9 Å². The molecule has 7 nitrogen and oxygen atoms in total. The number of hydrogen-bond donors (Lipinski definition) is 2. The average Bonchev–Trinajstić information content (AvgIpc) is 3.52. The summed E-state index contributed by atoms with van der Waals surface area (Å²) in [5.74, 6) is 1.72. The number of anilines is 2. The van der Waals surface area contributed by atoms with Crippen molar-refractivity contribution in [2.24, 2.45) is 0 Å². The van der Waals surface area contributed by atoms with E-state index in [0.29, 0.717) is 22.5 Å². The summed E-state index contributed by atoms with van der Waals surface area (Å²) in [5, 5.41) is 12.3. The van der Waals surface area contributed by atoms with Crippen LogP contribution in [0.5, 0.6) is 0 Å². The van der Waals surface area contributed by atoms with E-state index in [1.807, 2.05) is 42.5 Å². The zero-order valence-electron chi connectivity index (χ0n) is 16.3. The van der Waals surface area contributed by atoms with Crippen LogP contribution in [0.15, 0.2) is 64.6 Å². The Kier molecular flexibility index (Phi) is 4.84. The maximum absolute atomic E-state index is 11.8. The number of nitrogens with zero attached hydrogens (tertiary/aromatic N) is 3. The molecule has 2 aromatic heterocycles. The summed E-state index contributed by atoms with van der Waals surface area (Å²) < 4.78 is 4.81. The number of benzene rings is 2. The van der Waals surface area contributed by atoms with Gasteiger partial charge in [0.1, 0.15) is 11.6 Å². The van der Waals surface area contributed by atoms with Gasteiger partial charge in [-0.25, -0.2) is 14.8 Å². The third kappa shape index (κ3) is 3.86. The lowest BCUT2D eigenvalue weighted by atomic mass is 10.2. The Hall–Kier alpha value is -3.39. The number of fused-ring (bicyclic) bond motifs is 1. The average molecular weight is 417 g/mol. The summed E-state index contributed by atoms with van der Waals surface area (Å²) in [6.07, 6.45) is 2.40. The number of nitrogens with one attached hydrogen (secondary N) is 2. The van der Waals surface area contributed by atoms with Crippen LogP contribution in [-0.2, 0) is 4.74 Å². The largest absolute Gasteiger partial charge is 0.465 e. The highest BCUT2D eigenvalue weighted by molar-refractivity contribution is 7.99. The number of para-hydroxylation sites is 1. The third-order valence-electron chi connectivity index (χ3n) is 4.89. The van der Waals surface area contributed by atoms with Crippen LogP contribution >= 0.6 is 11.8 Å². The molecule has 30 heavy (non-hydrogen) atoms. The van der Waals surface area contributed by atoms with Gasteiger partial charge >= 0.3 is 5.97 Å². The van der Waals surface area contributed by atoms with Crippen molar-refractivity contribution in [2.45, 2.75) is 28.8 Å². The lowest BCUT2D eigenvalue weighted by molar-refractivity contribution is 0.0600. The van der Waals surface area contributed by atoms with Crippen molar-refractivity contribution in [2.75, 3.05) is 12.4 Å². The van der Waals surface area contributed by atoms with E-state index in [1.165, 1.54) is 31.7 Å². The van der Waals surface area contributed by atoms with E-state index < -0.39 is 0 Å². The molecule has 1 aliphatic rings. The molecule has 2 N–H and O–H groups in total. The second kappa shape index (κ2) is 7.79. The molecule has 4 aromatic rings. The highest BCUT2D eigenvalue weighted by atomic mass is 32.2. The summed E-state index contributed by atoms with van der Waals surface area (Å²) >= 11 is 1.39. The number of carbonyl (C=O) groups excluding carboxylic acids is 1. The van der Waals surface area contributed by atoms with E-state index in [9.17, 15) is 4.79 Å². The second-order valence-electron chi connectivity index (χ2n) is 7.10. The summed E-state index contributed by atoms with van der Waals surface area (Å²) in [7, 11) is 1.37. The predicted octanol–water partition coefficient (Wildman–Crippen LogP) is 4.91. The number of aromatic nitrogens is 4. The highest BCUT2D eigenvalue weighted by Gasteiger charge is 2.26. The molecule has 1 fully saturated rings. The first kappa shape index (κ1) is 18.6. The first-order valence-electron chi connectivity index (χ1n) is 9.65. The summed E-state index contributed by atoms with van der Waals surface area (Å²) in [6, 6.07) is 17.1. The fraction of sp³-hybridized carbons (Fsp3) is 0.182. The van der Waals surface area contributed by atoms with Crippen LogP contribution in [0.1, 0.15) is 34.8 Å². The lowest BCUT2D eigenvalue weighted by Gasteiger charge is -2.09. The van der Waals surface area contributed by atoms with Gasteiger partial charge < -0.3 is 10.1 Å². The molecule has 150 valence electrons. The fourth-order valence-electron chi connectivity index (χ4n) is 3.22. The van der Waals surface area contributed by atoms with E-state index >= 15 is 0 Å². The van der Waals surface area contributed by atoms with Crippen LogP contribution in [0.3, 0.4) is 0 Å². The molecule has 0 spiro atoms. The van der Waals surface area contributed by atoms with Crippen molar-refractivity contribution in [3.63, 3.8) is 0 Å². The van der Waals surface area contributed by atoms with Gasteiger partial charge in [0, 0.05) is 22.3 Å². The Morgan fingerprint density at radius 3 is 2.83 bits per heavy atom. The van der Waals surface area contributed by atoms with Crippen molar-refractivity contribution < 1.29 is 9.53 Å². The maximum atomic E-state index is 11.8. The standard InChI is InChI=1S/C22H19N5O2S/c1-29-21(28)14-5-4-6-15(11-14)30-22-23-17-8-3-2-7-16(17)20(25-22)24-19-12-18(26-27-19)13-9-10-13/h2-8,11-13H,9-10H2,1H3,(H2,23,24,25,26,27). The number of methoxy groups -OCH3 is 1. The fourth-order valence-corrected chi connectivity index (χ4v) is 4.05. The molecule has 2 aromatic carbocycles. The van der Waals surface area contributed by atoms with Crippen LogP contribution in [0.2, 0.25) is 0 Å². The summed E-state index contributed by atoms with van der Waals surface area (Å²) in [6.45, 7) is 0. The van der Waals surface area contributed by atoms with Crippen molar-refractivity contribution >= 4 is 40.3 Å². The molecule has 0 unspecified atom stereocenters. The van der Waals surface area contributed by atoms with E-state index in [2.05, 4.69) is 20.5 Å². The van der Waals surface area contributed by atoms with Gasteiger partial charge in [0.05, 0.1) is 23.9 Å². The molecule has 5 rings (SSSR count). The summed E-state index contributed by atoms with van der Waals surface area (Å²) in [4.78, 5) is 22.1. The number of ether oxygens (including phenoxy) is 1. The van der Waals surface area contributed by atoms with Gasteiger partial charge in [-0.15, -0.1) is 0 Å². The molecule has 0 bridgehead atoms. The first-order chi connectivity index (χ1) is 14.7. The van der Waals surface area contributed by atoms with Gasteiger partial charge in [0.15, 0.2) is 5.16 Å². The van der Waals surface area contributed by atoms with Gasteiger partial charge in [0.25, 0.3) is 0 Å². The van der Waals surface area contributed by atoms with Crippen LogP contribution in [0, 0.1) is 0 Å². The van der Waals surface area contributed by atoms with Crippen molar-refractivity contribution in [3.8, 4) is 0 Å². The van der Waals surface area contributed by atoms with Gasteiger partial charge in [-0.3, -0.25) is 5.10 Å². The molecule has 0 atom stereocenters. The molecule has 2 heterocycles. The van der Waals surface area contributed by atoms with Crippen molar-refractivity contribution in [1.82, 2.24) is 20.2 Å². The minimum atomic E-state index is -0.370. The number of esters is 1. The molecule has 0 saturated heterocycles. The van der Waals surface area contributed by atoms with Crippen LogP contribution in [0.4, 0.5) is 11.6 Å². The lowest BCUT2D eigenvalue weighted by Crippen LogP contribution is -2.01. The van der Waals surface area contributed by atoms with E-state index in [0.717, 1.165) is 27.3 Å². The summed E-state index contributed by atoms with van der Waals surface area (Å²) in [5.41, 5.74) is 2.42. The minimum absolute atomic E-state index is 0.370. The molecule has 0 amide bonds. The first-order valence-corrected chi connectivity index (χ1v) is 10.5. The number of hydrogen-bond acceptors (Lipinski definition) is 7. The van der Waals surface area contributed by atoms with E-state index in [4.69, 9.17) is 9.72 Å². The van der Waals surface area contributed by atoms with E-state index in [1.54, 1.807) is 12.1 Å². The Labute approximate surface area is 177 Å². The highest BCUT2D eigenvalue weighted by Crippen LogP contribution is 2.40. The molecular weight excluding hydrogens is 398 g/mol. The smallest absolute Gasteiger partial charge is 0.337 e. The minimum Gasteiger partial charge on any atom is -0.465 e. The zero-order chi connectivity index (χ0) is 20.5. The van der Waals surface area contributed by atoms with Crippen molar-refractivity contribution in [1.29, 1.82) is 0 Å².